The van der Waals surface area contributed by atoms with Crippen LogP contribution in [0.2, 0.25) is 0 Å². The van der Waals surface area contributed by atoms with E-state index in [1.807, 2.05) is 0 Å². The molecule has 27 heavy (non-hydrogen) atoms. The second-order valence-corrected chi connectivity index (χ2v) is 6.24. The first-order valence-corrected chi connectivity index (χ1v) is 8.52. The van der Waals surface area contributed by atoms with Gasteiger partial charge in [0.15, 0.2) is 0 Å². The van der Waals surface area contributed by atoms with Crippen molar-refractivity contribution < 1.29 is 39.3 Å². The molecule has 7 N–H and O–H groups in total. The van der Waals surface area contributed by atoms with Crippen molar-refractivity contribution >= 4 is 29.7 Å². The molecule has 4 atom stereocenters. The van der Waals surface area contributed by atoms with Crippen molar-refractivity contribution in [2.75, 3.05) is 0 Å². The molecule has 0 spiro atoms. The Bertz CT molecular complexity index is 566. The number of aliphatic carboxylic acids is 3. The molecule has 0 aliphatic carbocycles. The summed E-state index contributed by atoms with van der Waals surface area (Å²) in [5.74, 6) is -5.58. The van der Waals surface area contributed by atoms with Gasteiger partial charge in [-0.05, 0) is 18.8 Å². The molecule has 0 bridgehead atoms. The van der Waals surface area contributed by atoms with E-state index in [0.29, 0.717) is 6.42 Å². The van der Waals surface area contributed by atoms with E-state index in [9.17, 15) is 24.0 Å². The summed E-state index contributed by atoms with van der Waals surface area (Å²) in [6, 6.07) is -3.65. The third-order valence-corrected chi connectivity index (χ3v) is 4.06. The fourth-order valence-corrected chi connectivity index (χ4v) is 2.16. The van der Waals surface area contributed by atoms with Gasteiger partial charge in [-0.1, -0.05) is 20.3 Å². The van der Waals surface area contributed by atoms with E-state index < -0.39 is 54.3 Å². The maximum absolute atomic E-state index is 12.5. The molecule has 0 aromatic heterocycles. The molecular formula is C16H27N3O8. The zero-order valence-electron chi connectivity index (χ0n) is 15.3. The van der Waals surface area contributed by atoms with Gasteiger partial charge >= 0.3 is 17.9 Å². The molecule has 11 heteroatoms. The SMILES string of the molecule is CCC(C)C(NC(=O)C(N)CCC(=O)O)C(=O)NC(CCC(=O)O)C(=O)O. The van der Waals surface area contributed by atoms with E-state index in [0.717, 1.165) is 0 Å². The Labute approximate surface area is 156 Å². The van der Waals surface area contributed by atoms with E-state index in [2.05, 4.69) is 10.6 Å². The number of carboxylic acids is 3. The van der Waals surface area contributed by atoms with E-state index in [4.69, 9.17) is 21.1 Å². The summed E-state index contributed by atoms with van der Waals surface area (Å²) in [6.45, 7) is 3.43. The van der Waals surface area contributed by atoms with Crippen molar-refractivity contribution in [3.63, 3.8) is 0 Å². The number of hydrogen-bond donors (Lipinski definition) is 6. The molecule has 4 unspecified atom stereocenters. The molecule has 0 heterocycles. The smallest absolute Gasteiger partial charge is 0.326 e. The molecule has 2 amide bonds. The summed E-state index contributed by atoms with van der Waals surface area (Å²) in [7, 11) is 0. The predicted molar refractivity (Wildman–Crippen MR) is 92.7 cm³/mol. The Balaban J connectivity index is 5.07. The quantitative estimate of drug-likeness (QED) is 0.232. The molecule has 0 saturated heterocycles. The van der Waals surface area contributed by atoms with Gasteiger partial charge in [0.1, 0.15) is 12.1 Å². The van der Waals surface area contributed by atoms with Gasteiger partial charge < -0.3 is 31.7 Å². The van der Waals surface area contributed by atoms with Crippen LogP contribution in [0.4, 0.5) is 0 Å². The standard InChI is InChI=1S/C16H27N3O8/c1-3-8(2)13(19-14(24)9(17)4-6-11(20)21)15(25)18-10(16(26)27)5-7-12(22)23/h8-10,13H,3-7,17H2,1-2H3,(H,18,25)(H,19,24)(H,20,21)(H,22,23)(H,26,27). The lowest BCUT2D eigenvalue weighted by Gasteiger charge is -2.26. The van der Waals surface area contributed by atoms with Crippen LogP contribution in [-0.2, 0) is 24.0 Å². The van der Waals surface area contributed by atoms with Crippen LogP contribution in [0, 0.1) is 5.92 Å². The highest BCUT2D eigenvalue weighted by Crippen LogP contribution is 2.10. The molecule has 0 aliphatic heterocycles. The lowest BCUT2D eigenvalue weighted by Crippen LogP contribution is -2.56. The number of nitrogens with two attached hydrogens (primary N) is 1. The average Bonchev–Trinajstić information content (AvgIpc) is 2.59. The predicted octanol–water partition coefficient (Wildman–Crippen LogP) is -0.856. The summed E-state index contributed by atoms with van der Waals surface area (Å²) in [5.41, 5.74) is 5.62. The largest absolute Gasteiger partial charge is 0.481 e. The Morgan fingerprint density at radius 3 is 1.85 bits per heavy atom. The minimum atomic E-state index is -1.42. The molecular weight excluding hydrogens is 362 g/mol. The van der Waals surface area contributed by atoms with Crippen LogP contribution in [-0.4, -0.2) is 63.2 Å². The van der Waals surface area contributed by atoms with Crippen LogP contribution in [0.5, 0.6) is 0 Å². The summed E-state index contributed by atoms with van der Waals surface area (Å²) in [6.07, 6.45) is -0.708. The van der Waals surface area contributed by atoms with Crippen LogP contribution in [0.3, 0.4) is 0 Å². The second-order valence-electron chi connectivity index (χ2n) is 6.24. The Morgan fingerprint density at radius 2 is 1.41 bits per heavy atom. The monoisotopic (exact) mass is 389 g/mol. The minimum absolute atomic E-state index is 0.119. The van der Waals surface area contributed by atoms with Crippen molar-refractivity contribution in [2.45, 2.75) is 64.1 Å². The van der Waals surface area contributed by atoms with Gasteiger partial charge in [-0.15, -0.1) is 0 Å². The Hall–Kier alpha value is -2.69. The number of carbonyl (C=O) groups excluding carboxylic acids is 2. The normalized spacial score (nSPS) is 15.1. The molecule has 0 saturated carbocycles. The Morgan fingerprint density at radius 1 is 0.889 bits per heavy atom. The van der Waals surface area contributed by atoms with E-state index in [-0.39, 0.29) is 25.2 Å². The first-order chi connectivity index (χ1) is 12.5. The highest BCUT2D eigenvalue weighted by molar-refractivity contribution is 5.92. The minimum Gasteiger partial charge on any atom is -0.481 e. The highest BCUT2D eigenvalue weighted by atomic mass is 16.4. The summed E-state index contributed by atoms with van der Waals surface area (Å²) in [5, 5.41) is 31.1. The molecule has 0 aliphatic rings. The fraction of sp³-hybridized carbons (Fsp3) is 0.688. The number of carboxylic acid groups (broad SMARTS) is 3. The average molecular weight is 389 g/mol. The van der Waals surface area contributed by atoms with Crippen LogP contribution >= 0.6 is 0 Å². The van der Waals surface area contributed by atoms with Gasteiger partial charge in [0.25, 0.3) is 0 Å². The maximum Gasteiger partial charge on any atom is 0.326 e. The molecule has 0 fully saturated rings. The van der Waals surface area contributed by atoms with Gasteiger partial charge in [0, 0.05) is 12.8 Å². The van der Waals surface area contributed by atoms with Gasteiger partial charge in [0.2, 0.25) is 11.8 Å². The highest BCUT2D eigenvalue weighted by Gasteiger charge is 2.31. The first kappa shape index (κ1) is 24.3. The number of amides is 2. The maximum atomic E-state index is 12.5. The molecule has 0 radical (unpaired) electrons. The van der Waals surface area contributed by atoms with Crippen molar-refractivity contribution in [3.8, 4) is 0 Å². The number of hydrogen-bond acceptors (Lipinski definition) is 6. The van der Waals surface area contributed by atoms with Crippen molar-refractivity contribution in [1.29, 1.82) is 0 Å². The first-order valence-electron chi connectivity index (χ1n) is 8.52. The summed E-state index contributed by atoms with van der Waals surface area (Å²) in [4.78, 5) is 57.0. The Kier molecular flexibility index (Phi) is 10.7. The number of rotatable bonds is 13. The lowest BCUT2D eigenvalue weighted by atomic mass is 9.97. The molecule has 0 aromatic carbocycles. The topological polar surface area (TPSA) is 196 Å². The molecule has 154 valence electrons. The fourth-order valence-electron chi connectivity index (χ4n) is 2.16. The number of nitrogens with one attached hydrogen (secondary N) is 2. The molecule has 0 rings (SSSR count). The van der Waals surface area contributed by atoms with Crippen LogP contribution in [0.1, 0.15) is 46.0 Å². The van der Waals surface area contributed by atoms with Gasteiger partial charge in [-0.25, -0.2) is 4.79 Å². The van der Waals surface area contributed by atoms with Gasteiger partial charge in [-0.2, -0.15) is 0 Å². The van der Waals surface area contributed by atoms with Crippen molar-refractivity contribution in [3.05, 3.63) is 0 Å². The van der Waals surface area contributed by atoms with Crippen LogP contribution in [0.25, 0.3) is 0 Å². The van der Waals surface area contributed by atoms with E-state index in [1.165, 1.54) is 0 Å². The summed E-state index contributed by atoms with van der Waals surface area (Å²) < 4.78 is 0. The van der Waals surface area contributed by atoms with E-state index in [1.54, 1.807) is 13.8 Å². The van der Waals surface area contributed by atoms with Crippen molar-refractivity contribution in [2.24, 2.45) is 11.7 Å². The van der Waals surface area contributed by atoms with Crippen LogP contribution < -0.4 is 16.4 Å². The van der Waals surface area contributed by atoms with Gasteiger partial charge in [-0.3, -0.25) is 19.2 Å². The zero-order chi connectivity index (χ0) is 21.1. The number of carbonyl (C=O) groups is 5. The van der Waals surface area contributed by atoms with Crippen LogP contribution in [0.15, 0.2) is 0 Å². The lowest BCUT2D eigenvalue weighted by molar-refractivity contribution is -0.143. The molecule has 0 aromatic rings. The third kappa shape index (κ3) is 9.54. The third-order valence-electron chi connectivity index (χ3n) is 4.06. The van der Waals surface area contributed by atoms with Crippen molar-refractivity contribution in [1.82, 2.24) is 10.6 Å². The van der Waals surface area contributed by atoms with Gasteiger partial charge in [0.05, 0.1) is 6.04 Å². The second kappa shape index (κ2) is 11.8. The van der Waals surface area contributed by atoms with E-state index >= 15 is 0 Å². The molecule has 11 nitrogen and oxygen atoms in total. The zero-order valence-corrected chi connectivity index (χ0v) is 15.3. The summed E-state index contributed by atoms with van der Waals surface area (Å²) >= 11 is 0.